The molecule has 6 heteroatoms. The number of ether oxygens (including phenoxy) is 1. The molecule has 0 amide bonds. The Hall–Kier alpha value is -0.0800. The van der Waals surface area contributed by atoms with Gasteiger partial charge in [0.05, 0.1) is 19.3 Å². The molecular weight excluding hydrogens is 379 g/mol. The van der Waals surface area contributed by atoms with E-state index in [2.05, 4.69) is 48.2 Å². The maximum atomic E-state index is 5.95. The van der Waals surface area contributed by atoms with Crippen molar-refractivity contribution in [3.63, 3.8) is 0 Å². The van der Waals surface area contributed by atoms with E-state index in [1.54, 1.807) is 0 Å². The standard InChI is InChI=1S/C15H30N4O.HI/c1-5-16-14(18-15(2,3)4)17-9-13-10-19-8-6-7-12(19)11-20-13;/h12-13H,5-11H2,1-4H3,(H2,16,17,18);1H. The molecule has 5 nitrogen and oxygen atoms in total. The molecular formula is C15H31IN4O. The number of rotatable bonds is 3. The highest BCUT2D eigenvalue weighted by atomic mass is 127. The summed E-state index contributed by atoms with van der Waals surface area (Å²) in [5.74, 6) is 0.882. The zero-order chi connectivity index (χ0) is 14.6. The lowest BCUT2D eigenvalue weighted by Gasteiger charge is -2.34. The van der Waals surface area contributed by atoms with Crippen molar-refractivity contribution >= 4 is 29.9 Å². The summed E-state index contributed by atoms with van der Waals surface area (Å²) in [6.45, 7) is 13.3. The molecule has 2 N–H and O–H groups in total. The number of morpholine rings is 1. The van der Waals surface area contributed by atoms with Gasteiger partial charge in [-0.1, -0.05) is 0 Å². The van der Waals surface area contributed by atoms with Crippen LogP contribution < -0.4 is 10.6 Å². The van der Waals surface area contributed by atoms with Gasteiger partial charge in [-0.15, -0.1) is 24.0 Å². The molecule has 2 heterocycles. The van der Waals surface area contributed by atoms with Crippen LogP contribution in [0, 0.1) is 0 Å². The lowest BCUT2D eigenvalue weighted by atomic mass is 10.1. The van der Waals surface area contributed by atoms with Gasteiger partial charge in [0.15, 0.2) is 5.96 Å². The van der Waals surface area contributed by atoms with Crippen molar-refractivity contribution in [3.05, 3.63) is 0 Å². The second-order valence-electron chi connectivity index (χ2n) is 6.84. The van der Waals surface area contributed by atoms with Crippen LogP contribution in [0.4, 0.5) is 0 Å². The summed E-state index contributed by atoms with van der Waals surface area (Å²) in [5.41, 5.74) is 0.0223. The van der Waals surface area contributed by atoms with Gasteiger partial charge in [-0.3, -0.25) is 9.89 Å². The number of hydrogen-bond acceptors (Lipinski definition) is 3. The second-order valence-corrected chi connectivity index (χ2v) is 6.84. The first kappa shape index (κ1) is 19.0. The van der Waals surface area contributed by atoms with E-state index < -0.39 is 0 Å². The van der Waals surface area contributed by atoms with E-state index in [4.69, 9.17) is 4.74 Å². The summed E-state index contributed by atoms with van der Waals surface area (Å²) in [6, 6.07) is 0.663. The summed E-state index contributed by atoms with van der Waals surface area (Å²) in [5, 5.41) is 6.71. The SMILES string of the molecule is CCNC(=NCC1CN2CCCC2CO1)NC(C)(C)C.I. The highest BCUT2D eigenvalue weighted by Gasteiger charge is 2.32. The van der Waals surface area contributed by atoms with Gasteiger partial charge >= 0.3 is 0 Å². The van der Waals surface area contributed by atoms with Gasteiger partial charge in [-0.05, 0) is 47.1 Å². The van der Waals surface area contributed by atoms with Crippen molar-refractivity contribution in [1.82, 2.24) is 15.5 Å². The summed E-state index contributed by atoms with van der Waals surface area (Å²) in [6.07, 6.45) is 2.85. The zero-order valence-electron chi connectivity index (χ0n) is 13.8. The highest BCUT2D eigenvalue weighted by Crippen LogP contribution is 2.22. The lowest BCUT2D eigenvalue weighted by Crippen LogP contribution is -2.49. The lowest BCUT2D eigenvalue weighted by molar-refractivity contribution is -0.0432. The van der Waals surface area contributed by atoms with E-state index in [0.717, 1.165) is 32.2 Å². The molecule has 2 atom stereocenters. The van der Waals surface area contributed by atoms with Gasteiger partial charge in [0.1, 0.15) is 0 Å². The Morgan fingerprint density at radius 3 is 2.81 bits per heavy atom. The van der Waals surface area contributed by atoms with E-state index in [1.807, 2.05) is 0 Å². The average molecular weight is 410 g/mol. The van der Waals surface area contributed by atoms with E-state index in [1.165, 1.54) is 19.4 Å². The smallest absolute Gasteiger partial charge is 0.191 e. The number of nitrogens with zero attached hydrogens (tertiary/aromatic N) is 2. The summed E-state index contributed by atoms with van der Waals surface area (Å²) in [4.78, 5) is 7.24. The minimum Gasteiger partial charge on any atom is -0.373 e. The fourth-order valence-corrected chi connectivity index (χ4v) is 2.85. The van der Waals surface area contributed by atoms with Crippen LogP contribution in [0.2, 0.25) is 0 Å². The van der Waals surface area contributed by atoms with E-state index in [0.29, 0.717) is 6.04 Å². The zero-order valence-corrected chi connectivity index (χ0v) is 16.1. The average Bonchev–Trinajstić information content (AvgIpc) is 2.81. The maximum absolute atomic E-state index is 5.95. The van der Waals surface area contributed by atoms with Gasteiger partial charge in [0.25, 0.3) is 0 Å². The van der Waals surface area contributed by atoms with Crippen molar-refractivity contribution < 1.29 is 4.74 Å². The van der Waals surface area contributed by atoms with E-state index in [-0.39, 0.29) is 35.6 Å². The largest absolute Gasteiger partial charge is 0.373 e. The summed E-state index contributed by atoms with van der Waals surface area (Å²) < 4.78 is 5.95. The van der Waals surface area contributed by atoms with Crippen LogP contribution in [-0.4, -0.2) is 61.3 Å². The quantitative estimate of drug-likeness (QED) is 0.424. The topological polar surface area (TPSA) is 48.9 Å². The van der Waals surface area contributed by atoms with E-state index >= 15 is 0 Å². The van der Waals surface area contributed by atoms with Crippen molar-refractivity contribution in [1.29, 1.82) is 0 Å². The van der Waals surface area contributed by atoms with Crippen LogP contribution >= 0.6 is 24.0 Å². The minimum absolute atomic E-state index is 0. The van der Waals surface area contributed by atoms with Gasteiger partial charge in [-0.25, -0.2) is 0 Å². The molecule has 0 radical (unpaired) electrons. The van der Waals surface area contributed by atoms with Crippen molar-refractivity contribution in [3.8, 4) is 0 Å². The molecule has 2 rings (SSSR count). The van der Waals surface area contributed by atoms with Gasteiger partial charge in [0.2, 0.25) is 0 Å². The monoisotopic (exact) mass is 410 g/mol. The van der Waals surface area contributed by atoms with Crippen LogP contribution in [-0.2, 0) is 4.74 Å². The Morgan fingerprint density at radius 2 is 2.14 bits per heavy atom. The molecule has 2 fully saturated rings. The number of fused-ring (bicyclic) bond motifs is 1. The normalized spacial score (nSPS) is 27.0. The molecule has 0 bridgehead atoms. The number of hydrogen-bond donors (Lipinski definition) is 2. The third-order valence-electron chi connectivity index (χ3n) is 3.75. The first-order chi connectivity index (χ1) is 9.48. The summed E-state index contributed by atoms with van der Waals surface area (Å²) in [7, 11) is 0. The van der Waals surface area contributed by atoms with Crippen LogP contribution in [0.25, 0.3) is 0 Å². The molecule has 0 saturated carbocycles. The molecule has 21 heavy (non-hydrogen) atoms. The van der Waals surface area contributed by atoms with Crippen LogP contribution in [0.1, 0.15) is 40.5 Å². The Morgan fingerprint density at radius 1 is 1.38 bits per heavy atom. The second kappa shape index (κ2) is 8.53. The van der Waals surface area contributed by atoms with Crippen molar-refractivity contribution in [2.75, 3.05) is 32.8 Å². The Balaban J connectivity index is 0.00000220. The van der Waals surface area contributed by atoms with Crippen molar-refractivity contribution in [2.45, 2.75) is 58.2 Å². The molecule has 0 aromatic heterocycles. The molecule has 0 spiro atoms. The molecule has 0 aromatic rings. The molecule has 2 unspecified atom stereocenters. The van der Waals surface area contributed by atoms with Gasteiger partial charge in [-0.2, -0.15) is 0 Å². The molecule has 124 valence electrons. The third-order valence-corrected chi connectivity index (χ3v) is 3.75. The Labute approximate surface area is 146 Å². The molecule has 0 aliphatic carbocycles. The van der Waals surface area contributed by atoms with Gasteiger partial charge < -0.3 is 15.4 Å². The first-order valence-corrected chi connectivity index (χ1v) is 7.90. The Bertz CT molecular complexity index is 343. The van der Waals surface area contributed by atoms with Crippen LogP contribution in [0.15, 0.2) is 4.99 Å². The van der Waals surface area contributed by atoms with Crippen LogP contribution in [0.3, 0.4) is 0 Å². The Kier molecular flexibility index (Phi) is 7.70. The highest BCUT2D eigenvalue weighted by molar-refractivity contribution is 14.0. The van der Waals surface area contributed by atoms with Crippen molar-refractivity contribution in [2.24, 2.45) is 4.99 Å². The molecule has 2 saturated heterocycles. The molecule has 2 aliphatic rings. The predicted molar refractivity (Wildman–Crippen MR) is 98.6 cm³/mol. The fourth-order valence-electron chi connectivity index (χ4n) is 2.85. The number of aliphatic imine (C=N–C) groups is 1. The number of guanidine groups is 1. The first-order valence-electron chi connectivity index (χ1n) is 7.90. The van der Waals surface area contributed by atoms with Gasteiger partial charge in [0, 0.05) is 24.7 Å². The predicted octanol–water partition coefficient (Wildman–Crippen LogP) is 1.82. The number of halogens is 1. The van der Waals surface area contributed by atoms with E-state index in [9.17, 15) is 0 Å². The summed E-state index contributed by atoms with van der Waals surface area (Å²) >= 11 is 0. The number of nitrogens with one attached hydrogen (secondary N) is 2. The van der Waals surface area contributed by atoms with Crippen LogP contribution in [0.5, 0.6) is 0 Å². The maximum Gasteiger partial charge on any atom is 0.191 e. The molecule has 2 aliphatic heterocycles. The fraction of sp³-hybridized carbons (Fsp3) is 0.933. The molecule has 0 aromatic carbocycles. The third kappa shape index (κ3) is 6.28. The minimum atomic E-state index is 0.